The number of pyridine rings is 1. The molecule has 2 heterocycles. The number of nitrogens with zero attached hydrogens (tertiary/aromatic N) is 4. The Morgan fingerprint density at radius 1 is 1.03 bits per heavy atom. The molecule has 1 unspecified atom stereocenters. The molecular weight excluding hydrogens is 447 g/mol. The fraction of sp³-hybridized carbons (Fsp3) is 0.0833. The van der Waals surface area contributed by atoms with E-state index in [1.807, 2.05) is 6.07 Å². The first-order chi connectivity index (χ1) is 16.3. The van der Waals surface area contributed by atoms with Crippen LogP contribution in [-0.4, -0.2) is 25.8 Å². The SMILES string of the molecule is N#Cc1cccc(-n2nc(C(F)(F)F)cc2C(=O)Nc2cccc(C(O)c3ccncc3)c2)c1. The van der Waals surface area contributed by atoms with E-state index >= 15 is 0 Å². The van der Waals surface area contributed by atoms with Crippen LogP contribution >= 0.6 is 0 Å². The molecule has 34 heavy (non-hydrogen) atoms. The Bertz CT molecular complexity index is 1380. The zero-order chi connectivity index (χ0) is 24.3. The van der Waals surface area contributed by atoms with Gasteiger partial charge in [-0.1, -0.05) is 18.2 Å². The number of alkyl halides is 3. The third kappa shape index (κ3) is 4.79. The van der Waals surface area contributed by atoms with E-state index in [-0.39, 0.29) is 22.6 Å². The number of anilines is 1. The standard InChI is InChI=1S/C24H16F3N5O2/c25-24(26,27)21-13-20(32(31-21)19-6-1-3-15(11-19)14-28)23(34)30-18-5-2-4-17(12-18)22(33)16-7-9-29-10-8-16/h1-13,22,33H,(H,30,34). The van der Waals surface area contributed by atoms with Gasteiger partial charge in [0.25, 0.3) is 5.91 Å². The summed E-state index contributed by atoms with van der Waals surface area (Å²) in [6, 6.07) is 17.9. The summed E-state index contributed by atoms with van der Waals surface area (Å²) < 4.78 is 40.9. The summed E-state index contributed by atoms with van der Waals surface area (Å²) in [5, 5.41) is 25.8. The molecule has 0 spiro atoms. The molecule has 0 radical (unpaired) electrons. The average Bonchev–Trinajstić information content (AvgIpc) is 3.31. The average molecular weight is 463 g/mol. The van der Waals surface area contributed by atoms with Gasteiger partial charge in [0.2, 0.25) is 0 Å². The van der Waals surface area contributed by atoms with Crippen molar-refractivity contribution in [2.24, 2.45) is 0 Å². The van der Waals surface area contributed by atoms with Gasteiger partial charge < -0.3 is 10.4 Å². The van der Waals surface area contributed by atoms with Gasteiger partial charge in [-0.2, -0.15) is 23.5 Å². The molecule has 2 aromatic carbocycles. The number of carbonyl (C=O) groups excluding carboxylic acids is 1. The summed E-state index contributed by atoms with van der Waals surface area (Å²) >= 11 is 0. The Morgan fingerprint density at radius 3 is 2.47 bits per heavy atom. The highest BCUT2D eigenvalue weighted by Gasteiger charge is 2.36. The van der Waals surface area contributed by atoms with Crippen molar-refractivity contribution in [2.75, 3.05) is 5.32 Å². The minimum atomic E-state index is -4.78. The molecular formula is C24H16F3N5O2. The largest absolute Gasteiger partial charge is 0.435 e. The first-order valence-electron chi connectivity index (χ1n) is 9.93. The van der Waals surface area contributed by atoms with Crippen LogP contribution in [0.3, 0.4) is 0 Å². The summed E-state index contributed by atoms with van der Waals surface area (Å²) in [5.41, 5.74) is 0.0262. The topological polar surface area (TPSA) is 104 Å². The third-order valence-electron chi connectivity index (χ3n) is 4.93. The predicted molar refractivity (Wildman–Crippen MR) is 116 cm³/mol. The smallest absolute Gasteiger partial charge is 0.384 e. The Morgan fingerprint density at radius 2 is 1.76 bits per heavy atom. The molecule has 7 nitrogen and oxygen atoms in total. The minimum absolute atomic E-state index is 0.126. The highest BCUT2D eigenvalue weighted by Crippen LogP contribution is 2.30. The molecule has 0 aliphatic carbocycles. The molecule has 4 aromatic rings. The van der Waals surface area contributed by atoms with Crippen LogP contribution in [0.4, 0.5) is 18.9 Å². The first kappa shape index (κ1) is 22.7. The number of hydrogen-bond acceptors (Lipinski definition) is 5. The number of nitrogens with one attached hydrogen (secondary N) is 1. The molecule has 0 bridgehead atoms. The Balaban J connectivity index is 1.67. The number of rotatable bonds is 5. The second kappa shape index (κ2) is 9.17. The van der Waals surface area contributed by atoms with Gasteiger partial charge in [0.15, 0.2) is 5.69 Å². The van der Waals surface area contributed by atoms with Crippen LogP contribution in [0.25, 0.3) is 5.69 Å². The van der Waals surface area contributed by atoms with Crippen molar-refractivity contribution in [3.8, 4) is 11.8 Å². The number of aliphatic hydroxyl groups is 1. The number of aliphatic hydroxyl groups excluding tert-OH is 1. The van der Waals surface area contributed by atoms with Gasteiger partial charge in [0.1, 0.15) is 11.8 Å². The molecule has 1 atom stereocenters. The van der Waals surface area contributed by atoms with Crippen molar-refractivity contribution >= 4 is 11.6 Å². The van der Waals surface area contributed by atoms with Crippen LogP contribution in [0.5, 0.6) is 0 Å². The fourth-order valence-electron chi connectivity index (χ4n) is 3.31. The zero-order valence-corrected chi connectivity index (χ0v) is 17.4. The summed E-state index contributed by atoms with van der Waals surface area (Å²) in [4.78, 5) is 16.9. The van der Waals surface area contributed by atoms with Crippen molar-refractivity contribution < 1.29 is 23.1 Å². The van der Waals surface area contributed by atoms with E-state index < -0.39 is 23.9 Å². The number of halogens is 3. The molecule has 4 rings (SSSR count). The van der Waals surface area contributed by atoms with E-state index in [0.29, 0.717) is 17.2 Å². The lowest BCUT2D eigenvalue weighted by molar-refractivity contribution is -0.141. The molecule has 0 fully saturated rings. The van der Waals surface area contributed by atoms with Crippen LogP contribution in [0.1, 0.15) is 39.0 Å². The highest BCUT2D eigenvalue weighted by atomic mass is 19.4. The summed E-state index contributed by atoms with van der Waals surface area (Å²) in [6.45, 7) is 0. The molecule has 2 N–H and O–H groups in total. The maximum atomic E-state index is 13.3. The number of amides is 1. The second-order valence-corrected chi connectivity index (χ2v) is 7.25. The van der Waals surface area contributed by atoms with Gasteiger partial charge in [-0.3, -0.25) is 9.78 Å². The quantitative estimate of drug-likeness (QED) is 0.454. The molecule has 10 heteroatoms. The Hall–Kier alpha value is -4.49. The summed E-state index contributed by atoms with van der Waals surface area (Å²) in [7, 11) is 0. The zero-order valence-electron chi connectivity index (χ0n) is 17.4. The van der Waals surface area contributed by atoms with Crippen molar-refractivity contribution in [1.82, 2.24) is 14.8 Å². The van der Waals surface area contributed by atoms with Crippen LogP contribution in [0, 0.1) is 11.3 Å². The van der Waals surface area contributed by atoms with Gasteiger partial charge in [0.05, 0.1) is 17.3 Å². The number of carbonyl (C=O) groups is 1. The van der Waals surface area contributed by atoms with Gasteiger partial charge in [-0.25, -0.2) is 4.68 Å². The van der Waals surface area contributed by atoms with E-state index in [0.717, 1.165) is 4.68 Å². The van der Waals surface area contributed by atoms with Gasteiger partial charge in [-0.05, 0) is 53.6 Å². The van der Waals surface area contributed by atoms with E-state index in [9.17, 15) is 23.1 Å². The number of aromatic nitrogens is 3. The Kier molecular flexibility index (Phi) is 6.12. The van der Waals surface area contributed by atoms with Crippen molar-refractivity contribution in [1.29, 1.82) is 5.26 Å². The Labute approximate surface area is 191 Å². The molecule has 2 aromatic heterocycles. The lowest BCUT2D eigenvalue weighted by Crippen LogP contribution is -2.17. The van der Waals surface area contributed by atoms with E-state index in [2.05, 4.69) is 15.4 Å². The van der Waals surface area contributed by atoms with Gasteiger partial charge in [0, 0.05) is 24.1 Å². The molecule has 0 saturated heterocycles. The van der Waals surface area contributed by atoms with E-state index in [1.54, 1.807) is 30.3 Å². The minimum Gasteiger partial charge on any atom is -0.384 e. The molecule has 170 valence electrons. The lowest BCUT2D eigenvalue weighted by Gasteiger charge is -2.13. The van der Waals surface area contributed by atoms with Crippen molar-refractivity contribution in [3.63, 3.8) is 0 Å². The number of hydrogen-bond donors (Lipinski definition) is 2. The normalized spacial score (nSPS) is 12.1. The highest BCUT2D eigenvalue weighted by molar-refractivity contribution is 6.03. The maximum Gasteiger partial charge on any atom is 0.435 e. The van der Waals surface area contributed by atoms with Crippen LogP contribution < -0.4 is 5.32 Å². The van der Waals surface area contributed by atoms with E-state index in [4.69, 9.17) is 5.26 Å². The molecule has 1 amide bonds. The van der Waals surface area contributed by atoms with Gasteiger partial charge >= 0.3 is 6.18 Å². The van der Waals surface area contributed by atoms with Crippen LogP contribution in [0.15, 0.2) is 79.1 Å². The summed E-state index contributed by atoms with van der Waals surface area (Å²) in [6.07, 6.45) is -2.70. The molecule has 0 aliphatic rings. The summed E-state index contributed by atoms with van der Waals surface area (Å²) in [5.74, 6) is -0.846. The maximum absolute atomic E-state index is 13.3. The first-order valence-corrected chi connectivity index (χ1v) is 9.93. The monoisotopic (exact) mass is 463 g/mol. The molecule has 0 saturated carbocycles. The van der Waals surface area contributed by atoms with Crippen molar-refractivity contribution in [2.45, 2.75) is 12.3 Å². The van der Waals surface area contributed by atoms with Crippen molar-refractivity contribution in [3.05, 3.63) is 107 Å². The third-order valence-corrected chi connectivity index (χ3v) is 4.93. The second-order valence-electron chi connectivity index (χ2n) is 7.25. The van der Waals surface area contributed by atoms with Crippen LogP contribution in [-0.2, 0) is 6.18 Å². The lowest BCUT2D eigenvalue weighted by atomic mass is 10.0. The van der Waals surface area contributed by atoms with Gasteiger partial charge in [-0.15, -0.1) is 0 Å². The van der Waals surface area contributed by atoms with E-state index in [1.165, 1.54) is 42.7 Å². The number of benzene rings is 2. The number of nitriles is 1. The fourth-order valence-corrected chi connectivity index (χ4v) is 3.31. The molecule has 0 aliphatic heterocycles. The predicted octanol–water partition coefficient (Wildman–Crippen LogP) is 4.49. The van der Waals surface area contributed by atoms with Crippen LogP contribution in [0.2, 0.25) is 0 Å².